The van der Waals surface area contributed by atoms with Crippen molar-refractivity contribution in [2.75, 3.05) is 38.2 Å². The zero-order valence-corrected chi connectivity index (χ0v) is 23.1. The molecule has 0 bridgehead atoms. The van der Waals surface area contributed by atoms with Gasteiger partial charge >= 0.3 is 0 Å². The number of hydrogen-bond acceptors (Lipinski definition) is 8. The molecule has 0 saturated carbocycles. The number of amides is 2. The number of ether oxygens (including phenoxy) is 1. The summed E-state index contributed by atoms with van der Waals surface area (Å²) in [5, 5.41) is 11.8. The van der Waals surface area contributed by atoms with Crippen molar-refractivity contribution < 1.29 is 14.3 Å². The highest BCUT2D eigenvalue weighted by Gasteiger charge is 2.44. The van der Waals surface area contributed by atoms with Crippen molar-refractivity contribution in [3.05, 3.63) is 71.7 Å². The lowest BCUT2D eigenvalue weighted by Gasteiger charge is -2.44. The van der Waals surface area contributed by atoms with Crippen LogP contribution in [0.5, 0.6) is 0 Å². The predicted molar refractivity (Wildman–Crippen MR) is 154 cm³/mol. The van der Waals surface area contributed by atoms with Gasteiger partial charge in [-0.15, -0.1) is 0 Å². The fourth-order valence-corrected chi connectivity index (χ4v) is 5.53. The normalized spacial score (nSPS) is 21.8. The third kappa shape index (κ3) is 5.77. The number of aromatic nitrogens is 1. The summed E-state index contributed by atoms with van der Waals surface area (Å²) in [6, 6.07) is 10.2. The van der Waals surface area contributed by atoms with E-state index in [0.717, 1.165) is 31.4 Å². The van der Waals surface area contributed by atoms with Crippen molar-refractivity contribution in [2.24, 2.45) is 22.1 Å². The average Bonchev–Trinajstić information content (AvgIpc) is 2.95. The Morgan fingerprint density at radius 2 is 1.95 bits per heavy atom. The summed E-state index contributed by atoms with van der Waals surface area (Å²) in [5.41, 5.74) is 8.44. The van der Waals surface area contributed by atoms with E-state index in [2.05, 4.69) is 15.3 Å². The third-order valence-corrected chi connectivity index (χ3v) is 7.93. The molecular formula is C30H37N7O3. The Bertz CT molecular complexity index is 1330. The van der Waals surface area contributed by atoms with Crippen LogP contribution in [0.2, 0.25) is 0 Å². The van der Waals surface area contributed by atoms with E-state index in [9.17, 15) is 9.59 Å². The molecule has 4 N–H and O–H groups in total. The molecule has 4 heterocycles. The summed E-state index contributed by atoms with van der Waals surface area (Å²) >= 11 is 0. The van der Waals surface area contributed by atoms with E-state index in [1.807, 2.05) is 42.0 Å². The van der Waals surface area contributed by atoms with E-state index in [-0.39, 0.29) is 17.7 Å². The zero-order valence-electron chi connectivity index (χ0n) is 23.1. The second-order valence-corrected chi connectivity index (χ2v) is 11.1. The van der Waals surface area contributed by atoms with Gasteiger partial charge in [0.05, 0.1) is 24.3 Å². The first-order valence-electron chi connectivity index (χ1n) is 13.9. The molecule has 10 heteroatoms. The maximum absolute atomic E-state index is 13.1. The zero-order chi connectivity index (χ0) is 28.3. The number of likely N-dealkylation sites (tertiary alicyclic amines) is 1. The minimum atomic E-state index is -0.533. The molecule has 2 aromatic rings. The highest BCUT2D eigenvalue weighted by molar-refractivity contribution is 6.16. The van der Waals surface area contributed by atoms with Crippen molar-refractivity contribution in [3.8, 4) is 0 Å². The highest BCUT2D eigenvalue weighted by atomic mass is 16.5. The number of anilines is 1. The first kappa shape index (κ1) is 27.5. The van der Waals surface area contributed by atoms with Crippen molar-refractivity contribution in [1.29, 1.82) is 5.41 Å². The van der Waals surface area contributed by atoms with Crippen LogP contribution < -0.4 is 11.1 Å². The number of piperidine rings is 1. The SMILES string of the molecule is CCc1ccnc(NC(=O)c2ccc(C(=N)C3C(N)=NC=CN3CC3CCCN(C(=O)C4(C)COC4)C3)cc2)c1. The largest absolute Gasteiger partial charge is 0.385 e. The Kier molecular flexibility index (Phi) is 7.97. The van der Waals surface area contributed by atoms with Gasteiger partial charge in [-0.3, -0.25) is 9.59 Å². The third-order valence-electron chi connectivity index (χ3n) is 7.93. The van der Waals surface area contributed by atoms with Crippen LogP contribution in [0.4, 0.5) is 5.82 Å². The van der Waals surface area contributed by atoms with Gasteiger partial charge in [-0.05, 0) is 67.5 Å². The lowest BCUT2D eigenvalue weighted by atomic mass is 9.85. The van der Waals surface area contributed by atoms with Crippen molar-refractivity contribution in [1.82, 2.24) is 14.8 Å². The number of nitrogens with two attached hydrogens (primary N) is 1. The minimum Gasteiger partial charge on any atom is -0.385 e. The Labute approximate surface area is 234 Å². The number of rotatable bonds is 8. The molecule has 2 saturated heterocycles. The van der Waals surface area contributed by atoms with Gasteiger partial charge in [-0.2, -0.15) is 0 Å². The lowest BCUT2D eigenvalue weighted by molar-refractivity contribution is -0.170. The second kappa shape index (κ2) is 11.6. The first-order valence-corrected chi connectivity index (χ1v) is 13.9. The van der Waals surface area contributed by atoms with Crippen LogP contribution in [0.1, 0.15) is 48.2 Å². The Morgan fingerprint density at radius 1 is 1.20 bits per heavy atom. The minimum absolute atomic E-state index is 0.168. The van der Waals surface area contributed by atoms with Crippen LogP contribution in [0.25, 0.3) is 0 Å². The summed E-state index contributed by atoms with van der Waals surface area (Å²) in [7, 11) is 0. The fraction of sp³-hybridized carbons (Fsp3) is 0.433. The van der Waals surface area contributed by atoms with E-state index in [4.69, 9.17) is 15.9 Å². The molecule has 1 aromatic carbocycles. The molecule has 0 spiro atoms. The summed E-state index contributed by atoms with van der Waals surface area (Å²) in [4.78, 5) is 38.4. The van der Waals surface area contributed by atoms with Gasteiger partial charge in [0.25, 0.3) is 5.91 Å². The number of nitrogens with one attached hydrogen (secondary N) is 2. The smallest absolute Gasteiger partial charge is 0.256 e. The topological polar surface area (TPSA) is 137 Å². The molecule has 2 fully saturated rings. The molecule has 3 aliphatic rings. The Balaban J connectivity index is 1.24. The van der Waals surface area contributed by atoms with Gasteiger partial charge in [0.1, 0.15) is 17.7 Å². The standard InChI is InChI=1S/C30H37N7O3/c1-3-20-10-11-33-24(15-20)35-28(38)23-8-6-22(7-9-23)25(31)26-27(32)34-12-14-36(26)16-21-5-4-13-37(17-21)29(39)30(2)18-40-19-30/h6-12,14-15,21,26,31H,3-5,13,16-19H2,1-2H3,(H2,32,34)(H,33,35,38). The summed E-state index contributed by atoms with van der Waals surface area (Å²) in [6.45, 7) is 7.08. The van der Waals surface area contributed by atoms with Crippen molar-refractivity contribution in [3.63, 3.8) is 0 Å². The van der Waals surface area contributed by atoms with E-state index in [1.165, 1.54) is 0 Å². The number of pyridine rings is 1. The van der Waals surface area contributed by atoms with Gasteiger partial charge in [-0.1, -0.05) is 19.1 Å². The van der Waals surface area contributed by atoms with Crippen molar-refractivity contribution >= 4 is 29.2 Å². The summed E-state index contributed by atoms with van der Waals surface area (Å²) < 4.78 is 5.31. The van der Waals surface area contributed by atoms with Crippen LogP contribution in [0.15, 0.2) is 60.0 Å². The number of nitrogens with zero attached hydrogens (tertiary/aromatic N) is 4. The monoisotopic (exact) mass is 543 g/mol. The second-order valence-electron chi connectivity index (χ2n) is 11.1. The van der Waals surface area contributed by atoms with Crippen LogP contribution >= 0.6 is 0 Å². The maximum atomic E-state index is 13.1. The molecule has 3 aliphatic heterocycles. The van der Waals surface area contributed by atoms with E-state index in [0.29, 0.717) is 54.8 Å². The maximum Gasteiger partial charge on any atom is 0.256 e. The van der Waals surface area contributed by atoms with Crippen LogP contribution in [0, 0.1) is 16.7 Å². The molecule has 10 nitrogen and oxygen atoms in total. The number of aryl methyl sites for hydroxylation is 1. The highest BCUT2D eigenvalue weighted by Crippen LogP contribution is 2.31. The number of carbonyl (C=O) groups excluding carboxylic acids is 2. The number of aliphatic imine (C=N–C) groups is 1. The molecule has 2 amide bonds. The molecule has 40 heavy (non-hydrogen) atoms. The molecule has 0 radical (unpaired) electrons. The van der Waals surface area contributed by atoms with Crippen molar-refractivity contribution in [2.45, 2.75) is 39.2 Å². The quantitative estimate of drug-likeness (QED) is 0.438. The van der Waals surface area contributed by atoms with Crippen LogP contribution in [-0.2, 0) is 16.0 Å². The van der Waals surface area contributed by atoms with E-state index >= 15 is 0 Å². The number of benzene rings is 1. The number of amidine groups is 1. The van der Waals surface area contributed by atoms with Gasteiger partial charge in [-0.25, -0.2) is 9.98 Å². The first-order chi connectivity index (χ1) is 19.3. The lowest BCUT2D eigenvalue weighted by Crippen LogP contribution is -2.56. The molecule has 210 valence electrons. The van der Waals surface area contributed by atoms with E-state index < -0.39 is 11.5 Å². The predicted octanol–water partition coefficient (Wildman–Crippen LogP) is 3.05. The Hall–Kier alpha value is -4.05. The Morgan fingerprint density at radius 3 is 2.65 bits per heavy atom. The summed E-state index contributed by atoms with van der Waals surface area (Å²) in [6.07, 6.45) is 8.01. The molecule has 0 aliphatic carbocycles. The molecule has 2 unspecified atom stereocenters. The average molecular weight is 544 g/mol. The van der Waals surface area contributed by atoms with Gasteiger partial charge in [0.15, 0.2) is 0 Å². The summed E-state index contributed by atoms with van der Waals surface area (Å²) in [5.74, 6) is 1.01. The van der Waals surface area contributed by atoms with Gasteiger partial charge < -0.3 is 31.0 Å². The molecule has 1 aromatic heterocycles. The van der Waals surface area contributed by atoms with Gasteiger partial charge in [0.2, 0.25) is 5.91 Å². The number of carbonyl (C=O) groups is 2. The van der Waals surface area contributed by atoms with Crippen LogP contribution in [-0.4, -0.2) is 77.0 Å². The molecule has 2 atom stereocenters. The fourth-order valence-electron chi connectivity index (χ4n) is 5.53. The molecule has 5 rings (SSSR count). The van der Waals surface area contributed by atoms with E-state index in [1.54, 1.807) is 36.7 Å². The van der Waals surface area contributed by atoms with Crippen LogP contribution in [0.3, 0.4) is 0 Å². The molecular weight excluding hydrogens is 506 g/mol. The number of hydrogen-bond donors (Lipinski definition) is 3. The van der Waals surface area contributed by atoms with Gasteiger partial charge in [0, 0.05) is 43.8 Å².